The lowest BCUT2D eigenvalue weighted by Gasteiger charge is -2.11. The molecule has 0 saturated carbocycles. The van der Waals surface area contributed by atoms with Gasteiger partial charge in [-0.15, -0.1) is 0 Å². The number of hydrogen-bond acceptors (Lipinski definition) is 1. The molecule has 0 aliphatic rings. The Morgan fingerprint density at radius 3 is 1.30 bits per heavy atom. The molecule has 0 bridgehead atoms. The molecule has 9 aromatic carbocycles. The monoisotopic (exact) mass is 726 g/mol. The second-order valence-corrected chi connectivity index (χ2v) is 14.9. The van der Waals surface area contributed by atoms with Crippen molar-refractivity contribution in [3.63, 3.8) is 0 Å². The van der Waals surface area contributed by atoms with Gasteiger partial charge in [-0.25, -0.2) is 0 Å². The van der Waals surface area contributed by atoms with Crippen LogP contribution in [-0.2, 0) is 0 Å². The largest absolute Gasteiger partial charge is 0.455 e. The topological polar surface area (TPSA) is 23.0 Å². The van der Waals surface area contributed by atoms with Crippen molar-refractivity contribution in [2.75, 3.05) is 0 Å². The van der Waals surface area contributed by atoms with Crippen molar-refractivity contribution in [2.24, 2.45) is 0 Å². The predicted octanol–water partition coefficient (Wildman–Crippen LogP) is 14.8. The van der Waals surface area contributed by atoms with Crippen molar-refractivity contribution in [3.05, 3.63) is 206 Å². The summed E-state index contributed by atoms with van der Waals surface area (Å²) in [7, 11) is 0. The summed E-state index contributed by atoms with van der Waals surface area (Å²) >= 11 is 0. The molecular weight excluding hydrogens is 693 g/mol. The Balaban J connectivity index is 0.978. The lowest BCUT2D eigenvalue weighted by atomic mass is 10.0. The maximum Gasteiger partial charge on any atom is 0.143 e. The Morgan fingerprint density at radius 1 is 0.281 bits per heavy atom. The Kier molecular flexibility index (Phi) is 6.93. The molecule has 3 aromatic heterocycles. The lowest BCUT2D eigenvalue weighted by Crippen LogP contribution is -1.95. The number of aromatic nitrogens is 2. The normalized spacial score (nSPS) is 11.9. The maximum atomic E-state index is 6.40. The molecule has 12 aromatic rings. The number of hydrogen-bond donors (Lipinski definition) is 0. The van der Waals surface area contributed by atoms with Crippen molar-refractivity contribution in [1.29, 1.82) is 0 Å². The van der Waals surface area contributed by atoms with Gasteiger partial charge in [0.05, 0.1) is 22.1 Å². The van der Waals surface area contributed by atoms with Crippen LogP contribution in [0.3, 0.4) is 0 Å². The van der Waals surface area contributed by atoms with Crippen LogP contribution in [0, 0.1) is 0 Å². The van der Waals surface area contributed by atoms with Gasteiger partial charge in [0.15, 0.2) is 0 Å². The molecule has 266 valence electrons. The first-order valence-electron chi connectivity index (χ1n) is 19.5. The molecular formula is C54H34N2O. The second kappa shape index (κ2) is 12.5. The summed E-state index contributed by atoms with van der Waals surface area (Å²) in [5.41, 5.74) is 16.0. The third-order valence-corrected chi connectivity index (χ3v) is 11.8. The number of furan rings is 1. The summed E-state index contributed by atoms with van der Waals surface area (Å²) in [4.78, 5) is 0. The summed E-state index contributed by atoms with van der Waals surface area (Å²) in [5.74, 6) is 0. The third-order valence-electron chi connectivity index (χ3n) is 11.8. The van der Waals surface area contributed by atoms with Crippen LogP contribution in [0.2, 0.25) is 0 Å². The summed E-state index contributed by atoms with van der Waals surface area (Å²) in [6, 6.07) is 74.4. The van der Waals surface area contributed by atoms with Gasteiger partial charge in [0.25, 0.3) is 0 Å². The number of benzene rings is 9. The Bertz CT molecular complexity index is 3470. The van der Waals surface area contributed by atoms with Crippen LogP contribution < -0.4 is 0 Å². The molecule has 3 heterocycles. The molecule has 0 N–H and O–H groups in total. The zero-order valence-corrected chi connectivity index (χ0v) is 30.9. The van der Waals surface area contributed by atoms with Crippen molar-refractivity contribution < 1.29 is 4.42 Å². The minimum absolute atomic E-state index is 0.913. The number of nitrogens with zero attached hydrogens (tertiary/aromatic N) is 2. The fraction of sp³-hybridized carbons (Fsp3) is 0. The van der Waals surface area contributed by atoms with Gasteiger partial charge in [0, 0.05) is 49.3 Å². The van der Waals surface area contributed by atoms with Gasteiger partial charge in [-0.05, 0) is 82.4 Å². The fourth-order valence-corrected chi connectivity index (χ4v) is 9.04. The molecule has 12 rings (SSSR count). The standard InChI is InChI=1S/C54H34N2O/c1-2-11-35(12-3-1)36-21-23-37(24-22-36)38-25-29-40(30-26-38)55-49-18-7-4-13-43(49)47-34-52-48(33-51(47)55)44-14-5-8-19-50(44)56(52)41-31-27-39(28-32-41)42-16-10-17-46-45-15-6-9-20-53(45)57-54(42)46/h1-34H. The van der Waals surface area contributed by atoms with Crippen LogP contribution in [0.1, 0.15) is 0 Å². The zero-order chi connectivity index (χ0) is 37.5. The first-order valence-corrected chi connectivity index (χ1v) is 19.5. The summed E-state index contributed by atoms with van der Waals surface area (Å²) < 4.78 is 11.2. The number of rotatable bonds is 5. The van der Waals surface area contributed by atoms with E-state index in [4.69, 9.17) is 4.42 Å². The molecule has 0 radical (unpaired) electrons. The minimum Gasteiger partial charge on any atom is -0.455 e. The quantitative estimate of drug-likeness (QED) is 0.173. The van der Waals surface area contributed by atoms with E-state index >= 15 is 0 Å². The van der Waals surface area contributed by atoms with Crippen LogP contribution >= 0.6 is 0 Å². The Hall–Kier alpha value is -7.62. The number of fused-ring (bicyclic) bond motifs is 9. The van der Waals surface area contributed by atoms with E-state index in [2.05, 4.69) is 203 Å². The van der Waals surface area contributed by atoms with Crippen LogP contribution in [-0.4, -0.2) is 9.13 Å². The fourth-order valence-electron chi connectivity index (χ4n) is 9.04. The highest BCUT2D eigenvalue weighted by atomic mass is 16.3. The average molecular weight is 727 g/mol. The van der Waals surface area contributed by atoms with Gasteiger partial charge in [0.2, 0.25) is 0 Å². The van der Waals surface area contributed by atoms with Crippen LogP contribution in [0.25, 0.3) is 110 Å². The van der Waals surface area contributed by atoms with E-state index in [1.165, 1.54) is 65.9 Å². The van der Waals surface area contributed by atoms with Gasteiger partial charge in [-0.1, -0.05) is 152 Å². The summed E-state index contributed by atoms with van der Waals surface area (Å²) in [6.07, 6.45) is 0. The van der Waals surface area contributed by atoms with E-state index in [0.29, 0.717) is 0 Å². The van der Waals surface area contributed by atoms with E-state index in [1.54, 1.807) is 0 Å². The summed E-state index contributed by atoms with van der Waals surface area (Å²) in [5, 5.41) is 7.22. The highest BCUT2D eigenvalue weighted by Gasteiger charge is 2.19. The van der Waals surface area contributed by atoms with Crippen LogP contribution in [0.15, 0.2) is 211 Å². The van der Waals surface area contributed by atoms with E-state index in [0.717, 1.165) is 44.4 Å². The van der Waals surface area contributed by atoms with Gasteiger partial charge < -0.3 is 13.6 Å². The molecule has 0 spiro atoms. The first-order chi connectivity index (χ1) is 28.3. The molecule has 3 heteroatoms. The highest BCUT2D eigenvalue weighted by molar-refractivity contribution is 6.19. The maximum absolute atomic E-state index is 6.40. The Morgan fingerprint density at radius 2 is 0.719 bits per heavy atom. The van der Waals surface area contributed by atoms with Gasteiger partial charge >= 0.3 is 0 Å². The number of para-hydroxylation sites is 4. The lowest BCUT2D eigenvalue weighted by molar-refractivity contribution is 0.670. The molecule has 0 aliphatic heterocycles. The molecule has 0 aliphatic carbocycles. The van der Waals surface area contributed by atoms with E-state index in [9.17, 15) is 0 Å². The molecule has 0 unspecified atom stereocenters. The average Bonchev–Trinajstić information content (AvgIpc) is 3.94. The minimum atomic E-state index is 0.913. The highest BCUT2D eigenvalue weighted by Crippen LogP contribution is 2.41. The molecule has 0 atom stereocenters. The van der Waals surface area contributed by atoms with Crippen LogP contribution in [0.4, 0.5) is 0 Å². The van der Waals surface area contributed by atoms with E-state index in [-0.39, 0.29) is 0 Å². The van der Waals surface area contributed by atoms with Crippen molar-refractivity contribution >= 4 is 65.6 Å². The van der Waals surface area contributed by atoms with Gasteiger partial charge in [-0.3, -0.25) is 0 Å². The van der Waals surface area contributed by atoms with Gasteiger partial charge in [0.1, 0.15) is 11.2 Å². The van der Waals surface area contributed by atoms with Crippen molar-refractivity contribution in [1.82, 2.24) is 9.13 Å². The smallest absolute Gasteiger partial charge is 0.143 e. The van der Waals surface area contributed by atoms with Crippen molar-refractivity contribution in [3.8, 4) is 44.8 Å². The molecule has 57 heavy (non-hydrogen) atoms. The Labute approximate surface area is 328 Å². The zero-order valence-electron chi connectivity index (χ0n) is 30.9. The first kappa shape index (κ1) is 31.7. The van der Waals surface area contributed by atoms with Gasteiger partial charge in [-0.2, -0.15) is 0 Å². The SMILES string of the molecule is c1ccc(-c2ccc(-c3ccc(-n4c5ccccc5c5cc6c(cc54)c4ccccc4n6-c4ccc(-c5cccc6c5oc5ccccc56)cc4)cc3)cc2)cc1. The van der Waals surface area contributed by atoms with E-state index < -0.39 is 0 Å². The predicted molar refractivity (Wildman–Crippen MR) is 239 cm³/mol. The van der Waals surface area contributed by atoms with Crippen molar-refractivity contribution in [2.45, 2.75) is 0 Å². The van der Waals surface area contributed by atoms with E-state index in [1.807, 2.05) is 12.1 Å². The molecule has 0 amide bonds. The third kappa shape index (κ3) is 4.92. The molecule has 0 saturated heterocycles. The molecule has 0 fully saturated rings. The van der Waals surface area contributed by atoms with Crippen LogP contribution in [0.5, 0.6) is 0 Å². The molecule has 3 nitrogen and oxygen atoms in total. The summed E-state index contributed by atoms with van der Waals surface area (Å²) in [6.45, 7) is 0. The second-order valence-electron chi connectivity index (χ2n) is 14.9.